The van der Waals surface area contributed by atoms with E-state index in [2.05, 4.69) is 14.7 Å². The van der Waals surface area contributed by atoms with Crippen molar-refractivity contribution in [3.8, 4) is 0 Å². The lowest BCUT2D eigenvalue weighted by Gasteiger charge is -2.12. The van der Waals surface area contributed by atoms with Crippen molar-refractivity contribution in [1.29, 1.82) is 0 Å². The Kier molecular flexibility index (Phi) is 3.82. The molecule has 20 heavy (non-hydrogen) atoms. The predicted molar refractivity (Wildman–Crippen MR) is 79.0 cm³/mol. The number of aromatic amines is 1. The molecule has 0 aliphatic heterocycles. The van der Waals surface area contributed by atoms with E-state index in [-0.39, 0.29) is 4.21 Å². The first-order valence-corrected chi connectivity index (χ1v) is 7.95. The van der Waals surface area contributed by atoms with Crippen molar-refractivity contribution in [2.75, 3.05) is 23.7 Å². The van der Waals surface area contributed by atoms with Crippen molar-refractivity contribution < 1.29 is 8.42 Å². The number of pyridine rings is 1. The monoisotopic (exact) mass is 314 g/mol. The van der Waals surface area contributed by atoms with Crippen molar-refractivity contribution >= 4 is 32.9 Å². The predicted octanol–water partition coefficient (Wildman–Crippen LogP) is 1.01. The summed E-state index contributed by atoms with van der Waals surface area (Å²) in [5, 5.41) is 0. The van der Waals surface area contributed by atoms with E-state index in [0.717, 1.165) is 5.82 Å². The van der Waals surface area contributed by atoms with Crippen LogP contribution in [0.2, 0.25) is 0 Å². The number of hydrogen-bond donors (Lipinski definition) is 2. The molecule has 0 aliphatic carbocycles. The van der Waals surface area contributed by atoms with Gasteiger partial charge >= 0.3 is 4.87 Å². The first-order valence-electron chi connectivity index (χ1n) is 5.65. The van der Waals surface area contributed by atoms with Crippen LogP contribution in [-0.4, -0.2) is 32.5 Å². The zero-order chi connectivity index (χ0) is 14.9. The molecule has 0 unspecified atom stereocenters. The first kappa shape index (κ1) is 14.5. The van der Waals surface area contributed by atoms with Gasteiger partial charge in [0.05, 0.1) is 11.9 Å². The zero-order valence-electron chi connectivity index (χ0n) is 11.2. The van der Waals surface area contributed by atoms with Crippen molar-refractivity contribution in [2.24, 2.45) is 0 Å². The fourth-order valence-electron chi connectivity index (χ4n) is 1.56. The largest absolute Gasteiger partial charge is 0.363 e. The van der Waals surface area contributed by atoms with Gasteiger partial charge in [0.25, 0.3) is 10.0 Å². The fraction of sp³-hybridized carbons (Fsp3) is 0.273. The topological polar surface area (TPSA) is 95.2 Å². The molecule has 0 aromatic carbocycles. The van der Waals surface area contributed by atoms with Crippen molar-refractivity contribution in [2.45, 2.75) is 11.1 Å². The number of aryl methyl sites for hydroxylation is 1. The molecular weight excluding hydrogens is 300 g/mol. The molecule has 0 bridgehead atoms. The minimum Gasteiger partial charge on any atom is -0.363 e. The van der Waals surface area contributed by atoms with Crippen LogP contribution in [0.15, 0.2) is 27.3 Å². The van der Waals surface area contributed by atoms with Gasteiger partial charge in [0.1, 0.15) is 5.82 Å². The Morgan fingerprint density at radius 1 is 1.35 bits per heavy atom. The maximum absolute atomic E-state index is 12.2. The van der Waals surface area contributed by atoms with Crippen LogP contribution in [0.25, 0.3) is 0 Å². The Labute approximate surface area is 120 Å². The Morgan fingerprint density at radius 2 is 2.05 bits per heavy atom. The Balaban J connectivity index is 2.29. The molecule has 7 nitrogen and oxygen atoms in total. The van der Waals surface area contributed by atoms with Crippen LogP contribution in [0.4, 0.5) is 11.5 Å². The highest BCUT2D eigenvalue weighted by Crippen LogP contribution is 2.20. The van der Waals surface area contributed by atoms with Crippen LogP contribution in [0.1, 0.15) is 5.69 Å². The first-order chi connectivity index (χ1) is 9.29. The molecule has 0 saturated heterocycles. The van der Waals surface area contributed by atoms with E-state index in [4.69, 9.17) is 0 Å². The van der Waals surface area contributed by atoms with Crippen molar-refractivity contribution in [3.05, 3.63) is 33.7 Å². The minimum absolute atomic E-state index is 0.0146. The van der Waals surface area contributed by atoms with Crippen LogP contribution in [-0.2, 0) is 10.0 Å². The average Bonchev–Trinajstić information content (AvgIpc) is 2.69. The average molecular weight is 314 g/mol. The summed E-state index contributed by atoms with van der Waals surface area (Å²) in [6.07, 6.45) is 1.43. The maximum Gasteiger partial charge on any atom is 0.306 e. The second-order valence-corrected chi connectivity index (χ2v) is 7.19. The number of nitrogens with one attached hydrogen (secondary N) is 2. The molecule has 0 fully saturated rings. The van der Waals surface area contributed by atoms with E-state index in [1.165, 1.54) is 6.20 Å². The summed E-state index contributed by atoms with van der Waals surface area (Å²) in [4.78, 5) is 19.2. The lowest BCUT2D eigenvalue weighted by Crippen LogP contribution is -2.14. The molecular formula is C11H14N4O3S2. The maximum atomic E-state index is 12.2. The summed E-state index contributed by atoms with van der Waals surface area (Å²) >= 11 is 0.658. The summed E-state index contributed by atoms with van der Waals surface area (Å²) in [6.45, 7) is 1.54. The van der Waals surface area contributed by atoms with Gasteiger partial charge in [0, 0.05) is 19.8 Å². The van der Waals surface area contributed by atoms with Crippen molar-refractivity contribution in [1.82, 2.24) is 9.97 Å². The molecule has 2 heterocycles. The molecule has 108 valence electrons. The summed E-state index contributed by atoms with van der Waals surface area (Å²) in [5.41, 5.74) is 0.668. The van der Waals surface area contributed by atoms with Crippen LogP contribution in [0, 0.1) is 6.92 Å². The van der Waals surface area contributed by atoms with Crippen LogP contribution in [0.3, 0.4) is 0 Å². The number of anilines is 2. The SMILES string of the molecule is Cc1[nH]c(=O)sc1S(=O)(=O)Nc1ccc(N(C)C)nc1. The Bertz CT molecular complexity index is 760. The number of nitrogens with zero attached hydrogens (tertiary/aromatic N) is 2. The normalized spacial score (nSPS) is 11.3. The van der Waals surface area contributed by atoms with Gasteiger partial charge in [-0.15, -0.1) is 0 Å². The van der Waals surface area contributed by atoms with Gasteiger partial charge in [-0.1, -0.05) is 11.3 Å². The molecule has 0 amide bonds. The smallest absolute Gasteiger partial charge is 0.306 e. The molecule has 2 rings (SSSR count). The quantitative estimate of drug-likeness (QED) is 0.878. The molecule has 2 aromatic heterocycles. The van der Waals surface area contributed by atoms with E-state index in [9.17, 15) is 13.2 Å². The van der Waals surface area contributed by atoms with Gasteiger partial charge in [-0.2, -0.15) is 0 Å². The number of hydrogen-bond acceptors (Lipinski definition) is 6. The van der Waals surface area contributed by atoms with Gasteiger partial charge in [-0.25, -0.2) is 13.4 Å². The van der Waals surface area contributed by atoms with Gasteiger partial charge in [-0.3, -0.25) is 9.52 Å². The highest BCUT2D eigenvalue weighted by molar-refractivity contribution is 7.94. The molecule has 0 saturated carbocycles. The molecule has 0 aliphatic rings. The zero-order valence-corrected chi connectivity index (χ0v) is 12.8. The third-order valence-corrected chi connectivity index (χ3v) is 5.47. The number of rotatable bonds is 4. The highest BCUT2D eigenvalue weighted by atomic mass is 32.2. The second kappa shape index (κ2) is 5.25. The van der Waals surface area contributed by atoms with E-state index < -0.39 is 14.9 Å². The number of aromatic nitrogens is 2. The van der Waals surface area contributed by atoms with Crippen LogP contribution in [0.5, 0.6) is 0 Å². The van der Waals surface area contributed by atoms with Gasteiger partial charge in [0.2, 0.25) is 0 Å². The summed E-state index contributed by atoms with van der Waals surface area (Å²) in [6, 6.07) is 3.31. The van der Waals surface area contributed by atoms with E-state index in [0.29, 0.717) is 22.7 Å². The third kappa shape index (κ3) is 2.99. The van der Waals surface area contributed by atoms with Gasteiger partial charge in [0.15, 0.2) is 4.21 Å². The Hall–Kier alpha value is -1.87. The lowest BCUT2D eigenvalue weighted by atomic mass is 10.4. The van der Waals surface area contributed by atoms with E-state index >= 15 is 0 Å². The molecule has 9 heteroatoms. The summed E-state index contributed by atoms with van der Waals surface area (Å²) in [7, 11) is -0.0925. The fourth-order valence-corrected chi connectivity index (χ4v) is 3.90. The van der Waals surface area contributed by atoms with Gasteiger partial charge in [-0.05, 0) is 19.1 Å². The molecule has 0 radical (unpaired) electrons. The van der Waals surface area contributed by atoms with Crippen molar-refractivity contribution in [3.63, 3.8) is 0 Å². The number of sulfonamides is 1. The molecule has 0 spiro atoms. The molecule has 0 atom stereocenters. The molecule has 2 N–H and O–H groups in total. The standard InChI is InChI=1S/C11H14N4O3S2/c1-7-10(19-11(16)13-7)20(17,18)14-8-4-5-9(12-6-8)15(2)3/h4-6,14H,1-3H3,(H,13,16). The van der Waals surface area contributed by atoms with Crippen LogP contribution < -0.4 is 14.5 Å². The molecule has 2 aromatic rings. The highest BCUT2D eigenvalue weighted by Gasteiger charge is 2.20. The van der Waals surface area contributed by atoms with Crippen LogP contribution >= 0.6 is 11.3 Å². The Morgan fingerprint density at radius 3 is 2.50 bits per heavy atom. The second-order valence-electron chi connectivity index (χ2n) is 4.33. The van der Waals surface area contributed by atoms with E-state index in [1.807, 2.05) is 14.1 Å². The number of H-pyrrole nitrogens is 1. The summed E-state index contributed by atoms with van der Waals surface area (Å²) in [5.74, 6) is 0.718. The minimum atomic E-state index is -3.77. The third-order valence-electron chi connectivity index (χ3n) is 2.48. The number of thiazole rings is 1. The summed E-state index contributed by atoms with van der Waals surface area (Å²) < 4.78 is 26.7. The van der Waals surface area contributed by atoms with Gasteiger partial charge < -0.3 is 9.88 Å². The van der Waals surface area contributed by atoms with E-state index in [1.54, 1.807) is 24.0 Å². The lowest BCUT2D eigenvalue weighted by molar-refractivity contribution is 0.602.